The molecule has 3 nitrogen and oxygen atoms in total. The maximum absolute atomic E-state index is 13.3. The minimum absolute atomic E-state index is 0.192. The van der Waals surface area contributed by atoms with Crippen LogP contribution in [0.2, 0.25) is 0 Å². The molecule has 2 unspecified atom stereocenters. The van der Waals surface area contributed by atoms with Gasteiger partial charge in [-0.1, -0.05) is 6.42 Å². The minimum atomic E-state index is -0.279. The van der Waals surface area contributed by atoms with Crippen LogP contribution in [-0.4, -0.2) is 17.8 Å². The van der Waals surface area contributed by atoms with E-state index in [-0.39, 0.29) is 24.4 Å². The Hall–Kier alpha value is -1.29. The SMILES string of the molecule is Cc1cc(NC2CCCC2CO)c(N)cc1F. The Morgan fingerprint density at radius 2 is 2.24 bits per heavy atom. The number of nitrogen functional groups attached to an aromatic ring is 1. The zero-order valence-electron chi connectivity index (χ0n) is 10.0. The first-order chi connectivity index (χ1) is 8.11. The Labute approximate surface area is 101 Å². The number of hydrogen-bond acceptors (Lipinski definition) is 3. The number of rotatable bonds is 3. The Kier molecular flexibility index (Phi) is 3.52. The summed E-state index contributed by atoms with van der Waals surface area (Å²) in [7, 11) is 0. The van der Waals surface area contributed by atoms with Crippen molar-refractivity contribution in [3.05, 3.63) is 23.5 Å². The molecule has 4 heteroatoms. The number of benzene rings is 1. The van der Waals surface area contributed by atoms with E-state index in [9.17, 15) is 9.50 Å². The first kappa shape index (κ1) is 12.2. The van der Waals surface area contributed by atoms with Crippen molar-refractivity contribution in [3.8, 4) is 0 Å². The van der Waals surface area contributed by atoms with Gasteiger partial charge in [0.2, 0.25) is 0 Å². The lowest BCUT2D eigenvalue weighted by Gasteiger charge is -2.21. The molecule has 1 aromatic rings. The number of anilines is 2. The van der Waals surface area contributed by atoms with Crippen LogP contribution in [0.15, 0.2) is 12.1 Å². The van der Waals surface area contributed by atoms with E-state index >= 15 is 0 Å². The fourth-order valence-corrected chi connectivity index (χ4v) is 2.47. The molecular weight excluding hydrogens is 219 g/mol. The Morgan fingerprint density at radius 1 is 1.47 bits per heavy atom. The molecule has 0 aliphatic heterocycles. The highest BCUT2D eigenvalue weighted by molar-refractivity contribution is 5.67. The highest BCUT2D eigenvalue weighted by Gasteiger charge is 2.26. The van der Waals surface area contributed by atoms with Gasteiger partial charge in [-0.2, -0.15) is 0 Å². The highest BCUT2D eigenvalue weighted by atomic mass is 19.1. The number of aryl methyl sites for hydroxylation is 1. The van der Waals surface area contributed by atoms with E-state index in [1.807, 2.05) is 0 Å². The van der Waals surface area contributed by atoms with Gasteiger partial charge in [0.15, 0.2) is 0 Å². The second-order valence-corrected chi connectivity index (χ2v) is 4.81. The molecule has 0 bridgehead atoms. The zero-order valence-corrected chi connectivity index (χ0v) is 10.0. The van der Waals surface area contributed by atoms with Crippen molar-refractivity contribution in [2.75, 3.05) is 17.7 Å². The van der Waals surface area contributed by atoms with E-state index in [0.29, 0.717) is 11.3 Å². The van der Waals surface area contributed by atoms with Gasteiger partial charge >= 0.3 is 0 Å². The Balaban J connectivity index is 2.15. The van der Waals surface area contributed by atoms with Crippen LogP contribution in [0.3, 0.4) is 0 Å². The number of aliphatic hydroxyl groups is 1. The highest BCUT2D eigenvalue weighted by Crippen LogP contribution is 2.31. The number of halogens is 1. The summed E-state index contributed by atoms with van der Waals surface area (Å²) in [5.41, 5.74) is 7.57. The minimum Gasteiger partial charge on any atom is -0.397 e. The quantitative estimate of drug-likeness (QED) is 0.708. The van der Waals surface area contributed by atoms with E-state index in [1.54, 1.807) is 13.0 Å². The molecule has 0 amide bonds. The molecular formula is C13H19FN2O. The second-order valence-electron chi connectivity index (χ2n) is 4.81. The Morgan fingerprint density at radius 3 is 2.94 bits per heavy atom. The Bertz CT molecular complexity index is 409. The van der Waals surface area contributed by atoms with Gasteiger partial charge in [0.1, 0.15) is 5.82 Å². The molecule has 2 atom stereocenters. The second kappa shape index (κ2) is 4.92. The fourth-order valence-electron chi connectivity index (χ4n) is 2.47. The van der Waals surface area contributed by atoms with Crippen LogP contribution >= 0.6 is 0 Å². The smallest absolute Gasteiger partial charge is 0.128 e. The van der Waals surface area contributed by atoms with Gasteiger partial charge in [-0.15, -0.1) is 0 Å². The molecule has 1 aliphatic rings. The molecule has 0 heterocycles. The van der Waals surface area contributed by atoms with Crippen LogP contribution < -0.4 is 11.1 Å². The molecule has 0 radical (unpaired) electrons. The van der Waals surface area contributed by atoms with Crippen molar-refractivity contribution < 1.29 is 9.50 Å². The van der Waals surface area contributed by atoms with Gasteiger partial charge in [-0.05, 0) is 37.5 Å². The topological polar surface area (TPSA) is 58.3 Å². The maximum Gasteiger partial charge on any atom is 0.128 e. The van der Waals surface area contributed by atoms with Crippen LogP contribution in [0.25, 0.3) is 0 Å². The third-order valence-electron chi connectivity index (χ3n) is 3.57. The third-order valence-corrected chi connectivity index (χ3v) is 3.57. The van der Waals surface area contributed by atoms with Crippen molar-refractivity contribution in [1.82, 2.24) is 0 Å². The summed E-state index contributed by atoms with van der Waals surface area (Å²) in [6.07, 6.45) is 3.18. The predicted octanol–water partition coefficient (Wildman–Crippen LogP) is 2.29. The summed E-state index contributed by atoms with van der Waals surface area (Å²) in [6, 6.07) is 3.32. The molecule has 0 saturated heterocycles. The number of aliphatic hydroxyl groups excluding tert-OH is 1. The molecule has 17 heavy (non-hydrogen) atoms. The van der Waals surface area contributed by atoms with Crippen LogP contribution in [0.1, 0.15) is 24.8 Å². The molecule has 1 aromatic carbocycles. The van der Waals surface area contributed by atoms with Crippen molar-refractivity contribution in [2.24, 2.45) is 5.92 Å². The van der Waals surface area contributed by atoms with E-state index in [1.165, 1.54) is 6.07 Å². The first-order valence-electron chi connectivity index (χ1n) is 6.05. The van der Waals surface area contributed by atoms with Crippen LogP contribution in [-0.2, 0) is 0 Å². The van der Waals surface area contributed by atoms with Crippen LogP contribution in [0.4, 0.5) is 15.8 Å². The lowest BCUT2D eigenvalue weighted by molar-refractivity contribution is 0.222. The number of hydrogen-bond donors (Lipinski definition) is 3. The molecule has 0 spiro atoms. The summed E-state index contributed by atoms with van der Waals surface area (Å²) >= 11 is 0. The van der Waals surface area contributed by atoms with Gasteiger partial charge in [0, 0.05) is 18.6 Å². The summed E-state index contributed by atoms with van der Waals surface area (Å²) in [5.74, 6) is -0.00191. The largest absolute Gasteiger partial charge is 0.397 e. The summed E-state index contributed by atoms with van der Waals surface area (Å²) in [5, 5.41) is 12.6. The van der Waals surface area contributed by atoms with Crippen LogP contribution in [0.5, 0.6) is 0 Å². The van der Waals surface area contributed by atoms with Gasteiger partial charge in [-0.3, -0.25) is 0 Å². The first-order valence-corrected chi connectivity index (χ1v) is 6.05. The monoisotopic (exact) mass is 238 g/mol. The fraction of sp³-hybridized carbons (Fsp3) is 0.538. The average molecular weight is 238 g/mol. The summed E-state index contributed by atoms with van der Waals surface area (Å²) in [4.78, 5) is 0. The summed E-state index contributed by atoms with van der Waals surface area (Å²) in [6.45, 7) is 1.91. The van der Waals surface area contributed by atoms with Gasteiger partial charge in [0.05, 0.1) is 11.4 Å². The van der Waals surface area contributed by atoms with Gasteiger partial charge in [0.25, 0.3) is 0 Å². The molecule has 1 fully saturated rings. The van der Waals surface area contributed by atoms with E-state index in [2.05, 4.69) is 5.32 Å². The lowest BCUT2D eigenvalue weighted by Crippen LogP contribution is -2.26. The third kappa shape index (κ3) is 2.52. The number of nitrogens with one attached hydrogen (secondary N) is 1. The lowest BCUT2D eigenvalue weighted by atomic mass is 10.0. The van der Waals surface area contributed by atoms with Crippen molar-refractivity contribution in [2.45, 2.75) is 32.2 Å². The molecule has 0 aromatic heterocycles. The summed E-state index contributed by atoms with van der Waals surface area (Å²) < 4.78 is 13.3. The van der Waals surface area contributed by atoms with E-state index in [4.69, 9.17) is 5.73 Å². The van der Waals surface area contributed by atoms with Crippen LogP contribution in [0, 0.1) is 18.7 Å². The van der Waals surface area contributed by atoms with E-state index < -0.39 is 0 Å². The van der Waals surface area contributed by atoms with Gasteiger partial charge in [-0.25, -0.2) is 4.39 Å². The normalized spacial score (nSPS) is 23.9. The molecule has 94 valence electrons. The predicted molar refractivity (Wildman–Crippen MR) is 67.4 cm³/mol. The maximum atomic E-state index is 13.3. The standard InChI is InChI=1S/C13H19FN2O/c1-8-5-13(11(15)6-10(8)14)16-12-4-2-3-9(12)7-17/h5-6,9,12,16-17H,2-4,7,15H2,1H3. The van der Waals surface area contributed by atoms with E-state index in [0.717, 1.165) is 24.9 Å². The van der Waals surface area contributed by atoms with Crippen molar-refractivity contribution >= 4 is 11.4 Å². The molecule has 1 saturated carbocycles. The van der Waals surface area contributed by atoms with Crippen molar-refractivity contribution in [1.29, 1.82) is 0 Å². The van der Waals surface area contributed by atoms with Crippen molar-refractivity contribution in [3.63, 3.8) is 0 Å². The zero-order chi connectivity index (χ0) is 12.4. The molecule has 2 rings (SSSR count). The molecule has 1 aliphatic carbocycles. The average Bonchev–Trinajstić information content (AvgIpc) is 2.73. The van der Waals surface area contributed by atoms with Gasteiger partial charge < -0.3 is 16.2 Å². The number of nitrogens with two attached hydrogens (primary N) is 1. The molecule has 4 N–H and O–H groups in total.